The fourth-order valence-electron chi connectivity index (χ4n) is 7.40. The van der Waals surface area contributed by atoms with Crippen LogP contribution in [-0.4, -0.2) is 57.3 Å². The number of amides is 1. The number of hydrogen-bond acceptors (Lipinski definition) is 5. The van der Waals surface area contributed by atoms with Crippen molar-refractivity contribution in [1.82, 2.24) is 5.32 Å². The van der Waals surface area contributed by atoms with Crippen molar-refractivity contribution in [3.8, 4) is 0 Å². The second-order valence-electron chi connectivity index (χ2n) is 16.8. The smallest absolute Gasteiger partial charge is 0.249 e. The van der Waals surface area contributed by atoms with Crippen molar-refractivity contribution in [2.75, 3.05) is 6.61 Å². The molecule has 4 atom stereocenters. The zero-order valence-electron chi connectivity index (χ0n) is 37.1. The molecule has 0 radical (unpaired) electrons. The van der Waals surface area contributed by atoms with Gasteiger partial charge in [-0.25, -0.2) is 0 Å². The van der Waals surface area contributed by atoms with Crippen molar-refractivity contribution < 1.29 is 25.2 Å². The Bertz CT molecular complexity index is 889. The standard InChI is InChI=1S/C50H95NO5/c1-3-5-7-9-11-13-14-15-16-17-18-19-20-21-22-23-24-25-26-27-28-29-30-31-32-33-34-36-37-39-41-43-47(53)49(55)46(45-52)51-50(56)48(54)44-42-40-38-35-12-10-8-6-4-2/h10,12,31-32,36-37,46-49,52-55H,3-9,11,13-30,33-35,38-45H2,1-2H3,(H,51,56)/b12-10-,32-31+,37-36+. The number of aliphatic hydroxyl groups is 4. The summed E-state index contributed by atoms with van der Waals surface area (Å²) in [7, 11) is 0. The molecule has 0 aliphatic carbocycles. The van der Waals surface area contributed by atoms with Gasteiger partial charge in [-0.15, -0.1) is 0 Å². The highest BCUT2D eigenvalue weighted by Gasteiger charge is 2.28. The van der Waals surface area contributed by atoms with Gasteiger partial charge >= 0.3 is 0 Å². The highest BCUT2D eigenvalue weighted by Crippen LogP contribution is 2.16. The third kappa shape index (κ3) is 38.1. The molecule has 6 nitrogen and oxygen atoms in total. The Hall–Kier alpha value is -1.47. The van der Waals surface area contributed by atoms with Crippen LogP contribution in [0.3, 0.4) is 0 Å². The monoisotopic (exact) mass is 790 g/mol. The first-order valence-electron chi connectivity index (χ1n) is 24.4. The molecule has 0 aromatic rings. The maximum atomic E-state index is 12.4. The van der Waals surface area contributed by atoms with Crippen LogP contribution in [0.4, 0.5) is 0 Å². The van der Waals surface area contributed by atoms with Gasteiger partial charge in [0.2, 0.25) is 5.91 Å². The van der Waals surface area contributed by atoms with Crippen LogP contribution in [-0.2, 0) is 4.79 Å². The predicted molar refractivity (Wildman–Crippen MR) is 242 cm³/mol. The Kier molecular flexibility index (Phi) is 43.5. The summed E-state index contributed by atoms with van der Waals surface area (Å²) in [6.07, 6.45) is 53.8. The molecule has 0 aliphatic rings. The fraction of sp³-hybridized carbons (Fsp3) is 0.860. The lowest BCUT2D eigenvalue weighted by molar-refractivity contribution is -0.132. The third-order valence-corrected chi connectivity index (χ3v) is 11.3. The second-order valence-corrected chi connectivity index (χ2v) is 16.8. The summed E-state index contributed by atoms with van der Waals surface area (Å²) in [6.45, 7) is 3.97. The molecule has 0 aliphatic heterocycles. The van der Waals surface area contributed by atoms with Crippen LogP contribution in [0.2, 0.25) is 0 Å². The molecule has 0 fully saturated rings. The van der Waals surface area contributed by atoms with Gasteiger partial charge in [0.1, 0.15) is 12.2 Å². The van der Waals surface area contributed by atoms with E-state index < -0.39 is 36.9 Å². The summed E-state index contributed by atoms with van der Waals surface area (Å²) < 4.78 is 0. The Labute approximate surface area is 347 Å². The summed E-state index contributed by atoms with van der Waals surface area (Å²) in [5.74, 6) is -0.613. The molecule has 0 spiro atoms. The summed E-state index contributed by atoms with van der Waals surface area (Å²) in [6, 6.07) is -1.01. The van der Waals surface area contributed by atoms with E-state index in [9.17, 15) is 25.2 Å². The summed E-state index contributed by atoms with van der Waals surface area (Å²) in [5.41, 5.74) is 0. The highest BCUT2D eigenvalue weighted by molar-refractivity contribution is 5.80. The largest absolute Gasteiger partial charge is 0.394 e. The maximum absolute atomic E-state index is 12.4. The van der Waals surface area contributed by atoms with Crippen molar-refractivity contribution in [3.05, 3.63) is 36.5 Å². The van der Waals surface area contributed by atoms with E-state index in [1.165, 1.54) is 161 Å². The zero-order valence-corrected chi connectivity index (χ0v) is 37.1. The average molecular weight is 790 g/mol. The first kappa shape index (κ1) is 54.5. The molecule has 0 bridgehead atoms. The van der Waals surface area contributed by atoms with Crippen LogP contribution in [0, 0.1) is 0 Å². The molecule has 4 unspecified atom stereocenters. The normalized spacial score (nSPS) is 14.3. The molecule has 0 saturated heterocycles. The molecular formula is C50H95NO5. The van der Waals surface area contributed by atoms with Gasteiger partial charge in [-0.3, -0.25) is 4.79 Å². The van der Waals surface area contributed by atoms with Gasteiger partial charge in [0.05, 0.1) is 18.8 Å². The number of carbonyl (C=O) groups is 1. The Morgan fingerprint density at radius 3 is 1.18 bits per heavy atom. The molecule has 0 aromatic carbocycles. The summed E-state index contributed by atoms with van der Waals surface area (Å²) in [4.78, 5) is 12.4. The van der Waals surface area contributed by atoms with Gasteiger partial charge in [0.25, 0.3) is 0 Å². The summed E-state index contributed by atoms with van der Waals surface area (Å²) >= 11 is 0. The first-order valence-corrected chi connectivity index (χ1v) is 24.4. The van der Waals surface area contributed by atoms with Gasteiger partial charge in [-0.2, -0.15) is 0 Å². The van der Waals surface area contributed by atoms with Gasteiger partial charge in [-0.1, -0.05) is 211 Å². The van der Waals surface area contributed by atoms with E-state index in [1.807, 2.05) is 0 Å². The van der Waals surface area contributed by atoms with E-state index in [0.717, 1.165) is 51.4 Å². The fourth-order valence-corrected chi connectivity index (χ4v) is 7.40. The number of nitrogens with one attached hydrogen (secondary N) is 1. The minimum absolute atomic E-state index is 0.337. The Balaban J connectivity index is 3.63. The van der Waals surface area contributed by atoms with Crippen molar-refractivity contribution in [3.63, 3.8) is 0 Å². The minimum atomic E-state index is -1.29. The minimum Gasteiger partial charge on any atom is -0.394 e. The van der Waals surface area contributed by atoms with E-state index in [0.29, 0.717) is 19.3 Å². The van der Waals surface area contributed by atoms with Gasteiger partial charge in [0, 0.05) is 0 Å². The van der Waals surface area contributed by atoms with Crippen molar-refractivity contribution >= 4 is 5.91 Å². The van der Waals surface area contributed by atoms with E-state index in [-0.39, 0.29) is 0 Å². The number of carbonyl (C=O) groups excluding carboxylic acids is 1. The van der Waals surface area contributed by atoms with Gasteiger partial charge < -0.3 is 25.7 Å². The molecule has 0 heterocycles. The topological polar surface area (TPSA) is 110 Å². The number of aliphatic hydroxyl groups excluding tert-OH is 4. The average Bonchev–Trinajstić information content (AvgIpc) is 3.20. The van der Waals surface area contributed by atoms with Gasteiger partial charge in [0.15, 0.2) is 0 Å². The predicted octanol–water partition coefficient (Wildman–Crippen LogP) is 13.3. The summed E-state index contributed by atoms with van der Waals surface area (Å²) in [5, 5.41) is 43.5. The molecule has 330 valence electrons. The van der Waals surface area contributed by atoms with Crippen LogP contribution in [0.5, 0.6) is 0 Å². The molecule has 1 amide bonds. The second kappa shape index (κ2) is 44.6. The number of rotatable bonds is 44. The van der Waals surface area contributed by atoms with Crippen LogP contribution >= 0.6 is 0 Å². The molecule has 56 heavy (non-hydrogen) atoms. The first-order chi connectivity index (χ1) is 27.5. The van der Waals surface area contributed by atoms with Crippen LogP contribution in [0.1, 0.15) is 245 Å². The highest BCUT2D eigenvalue weighted by atomic mass is 16.3. The van der Waals surface area contributed by atoms with Crippen LogP contribution < -0.4 is 5.32 Å². The quantitative estimate of drug-likeness (QED) is 0.0312. The molecule has 0 saturated carbocycles. The van der Waals surface area contributed by atoms with E-state index >= 15 is 0 Å². The molecule has 6 heteroatoms. The Morgan fingerprint density at radius 2 is 0.768 bits per heavy atom. The Morgan fingerprint density at radius 1 is 0.429 bits per heavy atom. The third-order valence-electron chi connectivity index (χ3n) is 11.3. The maximum Gasteiger partial charge on any atom is 0.249 e. The van der Waals surface area contributed by atoms with E-state index in [1.54, 1.807) is 0 Å². The number of allylic oxidation sites excluding steroid dienone is 6. The van der Waals surface area contributed by atoms with E-state index in [2.05, 4.69) is 55.6 Å². The molecule has 5 N–H and O–H groups in total. The van der Waals surface area contributed by atoms with E-state index in [4.69, 9.17) is 0 Å². The van der Waals surface area contributed by atoms with Crippen LogP contribution in [0.25, 0.3) is 0 Å². The molecule has 0 rings (SSSR count). The number of unbranched alkanes of at least 4 members (excludes halogenated alkanes) is 29. The lowest BCUT2D eigenvalue weighted by atomic mass is 10.00. The SMILES string of the molecule is CCCC/C=C\CCCCCC(O)C(=O)NC(CO)C(O)C(O)CCC/C=C/CC/C=C/CCCCCCCCCCCCCCCCCCCCCCCC. The zero-order chi connectivity index (χ0) is 41.0. The number of hydrogen-bond donors (Lipinski definition) is 5. The van der Waals surface area contributed by atoms with Crippen LogP contribution in [0.15, 0.2) is 36.5 Å². The molecular weight excluding hydrogens is 695 g/mol. The van der Waals surface area contributed by atoms with Crippen molar-refractivity contribution in [1.29, 1.82) is 0 Å². The van der Waals surface area contributed by atoms with Crippen molar-refractivity contribution in [2.24, 2.45) is 0 Å². The lowest BCUT2D eigenvalue weighted by Gasteiger charge is -2.27. The molecule has 0 aromatic heterocycles. The van der Waals surface area contributed by atoms with Crippen molar-refractivity contribution in [2.45, 2.75) is 269 Å². The lowest BCUT2D eigenvalue weighted by Crippen LogP contribution is -2.53. The van der Waals surface area contributed by atoms with Gasteiger partial charge in [-0.05, 0) is 70.6 Å².